The molecule has 3 saturated heterocycles. The Morgan fingerprint density at radius 1 is 0.373 bits per heavy atom. The fourth-order valence-electron chi connectivity index (χ4n) is 28.2. The second-order valence-electron chi connectivity index (χ2n) is 40.0. The minimum absolute atomic E-state index is 0.0955. The Labute approximate surface area is 722 Å². The number of rotatable bonds is 29. The van der Waals surface area contributed by atoms with E-state index < -0.39 is 281 Å². The first-order valence-electron chi connectivity index (χ1n) is 44.3. The largest absolute Gasteiger partial charge is 0.743 e. The van der Waals surface area contributed by atoms with Crippen molar-refractivity contribution in [2.24, 2.45) is 148 Å². The van der Waals surface area contributed by atoms with Crippen LogP contribution in [0.3, 0.4) is 0 Å². The molecule has 18 bridgehead atoms. The Morgan fingerprint density at radius 2 is 0.627 bits per heavy atom. The molecule has 21 atom stereocenters. The Bertz CT molecular complexity index is 4700. The van der Waals surface area contributed by atoms with Crippen LogP contribution in [-0.2, 0) is 145 Å². The van der Waals surface area contributed by atoms with E-state index >= 15 is 0 Å². The fourth-order valence-corrected chi connectivity index (χ4v) is 29.6. The third-order valence-corrected chi connectivity index (χ3v) is 36.2. The van der Waals surface area contributed by atoms with Crippen molar-refractivity contribution < 1.29 is 180 Å². The Morgan fingerprint density at radius 3 is 0.897 bits per heavy atom. The first kappa shape index (κ1) is 92.2. The van der Waals surface area contributed by atoms with Crippen molar-refractivity contribution in [1.29, 1.82) is 0 Å². The van der Waals surface area contributed by atoms with Crippen LogP contribution in [0.2, 0.25) is 0 Å². The number of carbonyl (C=O) groups excluding carboxylic acids is 12. The highest BCUT2D eigenvalue weighted by molar-refractivity contribution is 7.87. The quantitative estimate of drug-likeness (QED) is 0.0296. The van der Waals surface area contributed by atoms with Crippen LogP contribution in [0.15, 0.2) is 0 Å². The molecule has 21 unspecified atom stereocenters. The van der Waals surface area contributed by atoms with E-state index in [9.17, 15) is 123 Å². The van der Waals surface area contributed by atoms with Gasteiger partial charge in [-0.1, -0.05) is 20.8 Å². The Kier molecular flexibility index (Phi) is 24.0. The van der Waals surface area contributed by atoms with Crippen molar-refractivity contribution in [2.75, 3.05) is 0 Å². The third kappa shape index (κ3) is 15.7. The maximum Gasteiger partial charge on any atom is 0.369 e. The first-order valence-corrected chi connectivity index (χ1v) is 48.5. The zero-order valence-electron chi connectivity index (χ0n) is 70.3. The maximum absolute atomic E-state index is 14.0. The van der Waals surface area contributed by atoms with Gasteiger partial charge in [-0.25, -0.2) is 25.3 Å². The van der Waals surface area contributed by atoms with Crippen molar-refractivity contribution in [3.63, 3.8) is 0 Å². The highest BCUT2D eigenvalue weighted by Crippen LogP contribution is 2.68. The van der Waals surface area contributed by atoms with Gasteiger partial charge < -0.3 is 70.5 Å². The van der Waals surface area contributed by atoms with Crippen LogP contribution < -0.4 is 0 Å². The summed E-state index contributed by atoms with van der Waals surface area (Å²) in [4.78, 5) is 154. The number of hydrogen-bond donors (Lipinski definition) is 0. The lowest BCUT2D eigenvalue weighted by Crippen LogP contribution is -2.63. The molecule has 0 aromatic heterocycles. The second-order valence-corrected chi connectivity index (χ2v) is 44.4. The summed E-state index contributed by atoms with van der Waals surface area (Å²) in [6, 6.07) is 0. The monoisotopic (exact) mass is 1850 g/mol. The van der Waals surface area contributed by atoms with E-state index in [0.29, 0.717) is 93.8 Å². The van der Waals surface area contributed by atoms with Gasteiger partial charge in [-0.15, -0.1) is 0 Å². The Balaban J connectivity index is 0.000000139. The molecule has 42 heteroatoms. The number of ether oxygens (including phenoxy) is 12. The molecule has 0 N–H and O–H groups in total. The zero-order valence-corrected chi connectivity index (χ0v) is 72.7. The van der Waals surface area contributed by atoms with E-state index in [1.807, 2.05) is 13.8 Å². The molecule has 0 amide bonds. The molecule has 33 nitrogen and oxygen atoms in total. The van der Waals surface area contributed by atoms with Gasteiger partial charge in [0.1, 0.15) is 53.4 Å². The molecule has 21 fully saturated rings. The van der Waals surface area contributed by atoms with Gasteiger partial charge in [0.05, 0.1) is 74.0 Å². The summed E-state index contributed by atoms with van der Waals surface area (Å²) in [7, 11) is -18.2. The van der Waals surface area contributed by atoms with E-state index in [1.54, 1.807) is 0 Å². The predicted octanol–water partition coefficient (Wildman–Crippen LogP) is 7.97. The number of halogens is 6. The van der Waals surface area contributed by atoms with Crippen molar-refractivity contribution in [3.8, 4) is 0 Å². The number of alkyl halides is 6. The van der Waals surface area contributed by atoms with Gasteiger partial charge >= 0.3 is 87.4 Å². The lowest BCUT2D eigenvalue weighted by molar-refractivity contribution is -0.231. The lowest BCUT2D eigenvalue weighted by atomic mass is 9.47. The van der Waals surface area contributed by atoms with Crippen LogP contribution in [0.4, 0.5) is 26.3 Å². The summed E-state index contributed by atoms with van der Waals surface area (Å²) in [6.07, 6.45) is 1.60. The molecule has 18 saturated carbocycles. The summed E-state index contributed by atoms with van der Waals surface area (Å²) < 4.78 is 244. The molecule has 21 aliphatic rings. The van der Waals surface area contributed by atoms with Crippen LogP contribution in [0.1, 0.15) is 209 Å². The highest BCUT2D eigenvalue weighted by Gasteiger charge is 2.75. The van der Waals surface area contributed by atoms with Crippen LogP contribution in [0, 0.1) is 148 Å². The number of esters is 12. The molecule has 21 rings (SSSR count). The van der Waals surface area contributed by atoms with E-state index in [0.717, 1.165) is 77.0 Å². The normalized spacial score (nSPS) is 41.9. The van der Waals surface area contributed by atoms with E-state index in [-0.39, 0.29) is 47.3 Å². The van der Waals surface area contributed by atoms with Crippen LogP contribution in [0.5, 0.6) is 0 Å². The molecule has 0 spiro atoms. The SMILES string of the molecule is CC(C)C1(OC(=O)C2C3CC4C(OC(=O)C42)C3OC(=O)CCC(=O)OC(C)C(F)(F)S(=O)(=O)[O-])C2CC3CC(C2)CC1C3.CC(OC(=O)CCC(=O)OC1C2CC3C1OC(=O)C3C2C(=O)OC1(C)C2CC3CC(C2)CC1C3)C(F)(F)S(=O)(=O)[O-].CCC1(OC(=O)C2C3CC4C(OC(=O)C42)C3OC(=O)CCC(=O)OC(C)C(F)(F)S(=O)(=O)[O-])C2CC3CC(C2)CC1C3. The molecule has 702 valence electrons. The molecule has 0 aromatic carbocycles. The van der Waals surface area contributed by atoms with E-state index in [2.05, 4.69) is 28.1 Å². The zero-order chi connectivity index (χ0) is 91.2. The second kappa shape index (κ2) is 32.7. The Hall–Kier alpha value is -7.05. The number of carbonyl (C=O) groups is 12. The van der Waals surface area contributed by atoms with E-state index in [4.69, 9.17) is 42.6 Å². The van der Waals surface area contributed by atoms with Crippen molar-refractivity contribution >= 4 is 102 Å². The number of hydrogen-bond acceptors (Lipinski definition) is 33. The fraction of sp³-hybridized carbons (Fsp3) is 0.857. The molecule has 3 aliphatic heterocycles. The molecular weight excluding hydrogens is 1750 g/mol. The van der Waals surface area contributed by atoms with Crippen LogP contribution in [-0.4, -0.2) is 198 Å². The van der Waals surface area contributed by atoms with Gasteiger partial charge in [0.25, 0.3) is 0 Å². The van der Waals surface area contributed by atoms with Gasteiger partial charge in [0.2, 0.25) is 0 Å². The summed E-state index contributed by atoms with van der Waals surface area (Å²) in [6.45, 7) is 9.90. The lowest BCUT2D eigenvalue weighted by Gasteiger charge is -2.62. The average molecular weight is 1850 g/mol. The maximum atomic E-state index is 14.0. The van der Waals surface area contributed by atoms with Gasteiger partial charge in [-0.2, -0.15) is 26.3 Å². The minimum Gasteiger partial charge on any atom is -0.743 e. The highest BCUT2D eigenvalue weighted by atomic mass is 32.2. The summed E-state index contributed by atoms with van der Waals surface area (Å²) in [5.41, 5.74) is -1.75. The molecule has 0 aromatic rings. The van der Waals surface area contributed by atoms with Crippen LogP contribution >= 0.6 is 0 Å². The van der Waals surface area contributed by atoms with Gasteiger partial charge in [0, 0.05) is 35.5 Å². The molecule has 0 radical (unpaired) electrons. The molecule has 18 aliphatic carbocycles. The van der Waals surface area contributed by atoms with Gasteiger partial charge in [-0.3, -0.25) is 57.5 Å². The predicted molar refractivity (Wildman–Crippen MR) is 402 cm³/mol. The smallest absolute Gasteiger partial charge is 0.369 e. The summed E-state index contributed by atoms with van der Waals surface area (Å²) >= 11 is 0. The standard InChI is InChI=1S/C29H38F2O11S.C28H36F2O11S.C27H34F2O11S/c1-12(2)28(16-7-14-6-15(9-16)10-17(28)8-14)42-27(35)23-19-11-18-22(23)26(34)41-25(18)24(19)40-21(33)5-4-20(32)39-13(3)29(30,31)43(36,37)38;1-3-27(15-7-13-6-14(9-15)10-16(27)8-13)41-26(34)22-18-11-17-21(22)25(33)40-24(17)23(18)39-20(32)5-4-19(31)38-12(2)28(29,30)42(35,36)37;1-11(27(28,29)41(34,35)36)37-18(30)3-4-19(31)38-22-17-10-16-20(24(32)39-23(16)22)21(17)25(33)40-26(2)14-6-12-5-13(8-14)9-15(26)7-12/h12-19,22-25H,4-11H2,1-3H3,(H,36,37,38);12-18,21-24H,3-11H2,1-2H3,(H,35,36,37);11-17,20-23H,3-10H2,1-2H3,(H,34,35,36)/p-3. The molecule has 3 heterocycles. The third-order valence-electron chi connectivity index (χ3n) is 33.2. The van der Waals surface area contributed by atoms with Crippen molar-refractivity contribution in [2.45, 2.75) is 296 Å². The summed E-state index contributed by atoms with van der Waals surface area (Å²) in [5.74, 6) is -10.7. The topological polar surface area (TPSA) is 487 Å². The number of fused-ring (bicyclic) bond motifs is 3. The molecule has 126 heavy (non-hydrogen) atoms. The minimum atomic E-state index is -6.08. The first-order chi connectivity index (χ1) is 58.8. The van der Waals surface area contributed by atoms with Gasteiger partial charge in [-0.05, 0) is 227 Å². The van der Waals surface area contributed by atoms with Gasteiger partial charge in [0.15, 0.2) is 48.7 Å². The molecular formula is C84H105F6O33S3-3. The van der Waals surface area contributed by atoms with Crippen molar-refractivity contribution in [1.82, 2.24) is 0 Å². The van der Waals surface area contributed by atoms with Crippen molar-refractivity contribution in [3.05, 3.63) is 0 Å². The summed E-state index contributed by atoms with van der Waals surface area (Å²) in [5, 5.41) is -14.5. The van der Waals surface area contributed by atoms with Crippen LogP contribution in [0.25, 0.3) is 0 Å². The average Bonchev–Trinajstić information content (AvgIpc) is 1.45. The van der Waals surface area contributed by atoms with E-state index in [1.165, 1.54) is 19.3 Å².